The second-order valence-electron chi connectivity index (χ2n) is 7.98. The van der Waals surface area contributed by atoms with Crippen LogP contribution in [0.25, 0.3) is 16.8 Å². The van der Waals surface area contributed by atoms with Gasteiger partial charge in [0.2, 0.25) is 0 Å². The molecule has 0 aromatic heterocycles. The molecule has 0 atom stereocenters. The Labute approximate surface area is 217 Å². The lowest BCUT2D eigenvalue weighted by Gasteiger charge is -2.13. The summed E-state index contributed by atoms with van der Waals surface area (Å²) >= 11 is 13.0. The Balaban J connectivity index is 1.36. The molecule has 0 unspecified atom stereocenters. The summed E-state index contributed by atoms with van der Waals surface area (Å²) in [4.78, 5) is 27.2. The van der Waals surface area contributed by atoms with E-state index in [0.29, 0.717) is 27.3 Å². The van der Waals surface area contributed by atoms with E-state index >= 15 is 0 Å². The number of nitrogens with zero attached hydrogens (tertiary/aromatic N) is 1. The second kappa shape index (κ2) is 10.2. The molecule has 0 radical (unpaired) electrons. The molecule has 0 bridgehead atoms. The predicted octanol–water partition coefficient (Wildman–Crippen LogP) is 7.96. The van der Waals surface area contributed by atoms with Crippen LogP contribution >= 0.6 is 35.0 Å². The Hall–Kier alpha value is -3.25. The van der Waals surface area contributed by atoms with Gasteiger partial charge in [-0.2, -0.15) is 0 Å². The fourth-order valence-electron chi connectivity index (χ4n) is 3.90. The summed E-state index contributed by atoms with van der Waals surface area (Å²) in [6.07, 6.45) is 1.71. The van der Waals surface area contributed by atoms with E-state index in [0.717, 1.165) is 39.2 Å². The van der Waals surface area contributed by atoms with Crippen molar-refractivity contribution in [3.63, 3.8) is 0 Å². The highest BCUT2D eigenvalue weighted by molar-refractivity contribution is 8.18. The fourth-order valence-corrected chi connectivity index (χ4v) is 5.05. The number of hydrogen-bond donors (Lipinski definition) is 0. The molecule has 0 N–H and O–H groups in total. The van der Waals surface area contributed by atoms with Gasteiger partial charge in [-0.25, -0.2) is 0 Å². The van der Waals surface area contributed by atoms with Crippen molar-refractivity contribution in [3.05, 3.63) is 117 Å². The van der Waals surface area contributed by atoms with Gasteiger partial charge >= 0.3 is 0 Å². The van der Waals surface area contributed by atoms with Crippen LogP contribution in [0.4, 0.5) is 4.79 Å². The molecule has 7 heteroatoms. The Morgan fingerprint density at radius 1 is 0.857 bits per heavy atom. The van der Waals surface area contributed by atoms with E-state index in [4.69, 9.17) is 27.9 Å². The number of benzene rings is 4. The topological polar surface area (TPSA) is 46.6 Å². The summed E-state index contributed by atoms with van der Waals surface area (Å²) in [5.74, 6) is 0.284. The van der Waals surface area contributed by atoms with Crippen molar-refractivity contribution in [2.24, 2.45) is 0 Å². The van der Waals surface area contributed by atoms with Crippen molar-refractivity contribution < 1.29 is 14.3 Å². The number of halogens is 2. The molecule has 35 heavy (non-hydrogen) atoms. The van der Waals surface area contributed by atoms with Crippen LogP contribution in [0.15, 0.2) is 89.8 Å². The molecule has 4 aromatic carbocycles. The number of ether oxygens (including phenoxy) is 1. The maximum Gasteiger partial charge on any atom is 0.293 e. The molecule has 1 saturated heterocycles. The molecule has 4 aromatic rings. The normalized spacial score (nSPS) is 14.8. The monoisotopic (exact) mass is 519 g/mol. The number of para-hydroxylation sites is 1. The summed E-state index contributed by atoms with van der Waals surface area (Å²) in [5.41, 5.74) is 2.52. The zero-order chi connectivity index (χ0) is 24.4. The molecular formula is C28H19Cl2NO3S. The Bertz CT molecular complexity index is 1480. The highest BCUT2D eigenvalue weighted by atomic mass is 35.5. The molecule has 1 aliphatic heterocycles. The maximum atomic E-state index is 13.0. The SMILES string of the molecule is O=C1S/C(=C\c2ccccc2OCc2cccc3ccccc23)C(=O)N1Cc1ccc(Cl)c(Cl)c1. The van der Waals surface area contributed by atoms with Crippen LogP contribution in [0.5, 0.6) is 5.75 Å². The van der Waals surface area contributed by atoms with Crippen LogP contribution in [0.3, 0.4) is 0 Å². The fraction of sp³-hybridized carbons (Fsp3) is 0.0714. The first kappa shape index (κ1) is 23.5. The van der Waals surface area contributed by atoms with E-state index in [-0.39, 0.29) is 17.7 Å². The molecule has 1 fully saturated rings. The van der Waals surface area contributed by atoms with Crippen LogP contribution in [-0.4, -0.2) is 16.0 Å². The molecule has 0 spiro atoms. The van der Waals surface area contributed by atoms with E-state index in [2.05, 4.69) is 18.2 Å². The van der Waals surface area contributed by atoms with E-state index in [1.807, 2.05) is 48.5 Å². The molecular weight excluding hydrogens is 501 g/mol. The predicted molar refractivity (Wildman–Crippen MR) is 143 cm³/mol. The van der Waals surface area contributed by atoms with Gasteiger partial charge in [0.15, 0.2) is 0 Å². The van der Waals surface area contributed by atoms with Crippen molar-refractivity contribution in [1.29, 1.82) is 0 Å². The first-order chi connectivity index (χ1) is 17.0. The lowest BCUT2D eigenvalue weighted by Crippen LogP contribution is -2.27. The van der Waals surface area contributed by atoms with Crippen molar-refractivity contribution in [2.45, 2.75) is 13.2 Å². The number of fused-ring (bicyclic) bond motifs is 1. The van der Waals surface area contributed by atoms with Crippen molar-refractivity contribution in [1.82, 2.24) is 4.90 Å². The van der Waals surface area contributed by atoms with Crippen LogP contribution < -0.4 is 4.74 Å². The summed E-state index contributed by atoms with van der Waals surface area (Å²) in [6, 6.07) is 26.8. The molecule has 0 saturated carbocycles. The summed E-state index contributed by atoms with van der Waals surface area (Å²) < 4.78 is 6.16. The minimum Gasteiger partial charge on any atom is -0.488 e. The van der Waals surface area contributed by atoms with E-state index in [1.54, 1.807) is 24.3 Å². The molecule has 2 amide bonds. The zero-order valence-corrected chi connectivity index (χ0v) is 20.7. The lowest BCUT2D eigenvalue weighted by molar-refractivity contribution is -0.123. The summed E-state index contributed by atoms with van der Waals surface area (Å²) in [5, 5.41) is 2.75. The van der Waals surface area contributed by atoms with Crippen LogP contribution in [-0.2, 0) is 17.9 Å². The molecule has 174 valence electrons. The van der Waals surface area contributed by atoms with Gasteiger partial charge in [0.05, 0.1) is 21.5 Å². The van der Waals surface area contributed by atoms with Crippen molar-refractivity contribution in [2.75, 3.05) is 0 Å². The van der Waals surface area contributed by atoms with Gasteiger partial charge in [0.25, 0.3) is 11.1 Å². The molecule has 0 aliphatic carbocycles. The number of hydrogen-bond acceptors (Lipinski definition) is 4. The zero-order valence-electron chi connectivity index (χ0n) is 18.4. The molecule has 4 nitrogen and oxygen atoms in total. The standard InChI is InChI=1S/C28H19Cl2NO3S/c29-23-13-12-18(14-24(23)30)16-31-27(32)26(35-28(31)33)15-20-7-2-4-11-25(20)34-17-21-9-5-8-19-6-1-3-10-22(19)21/h1-15H,16-17H2/b26-15-. The van der Waals surface area contributed by atoms with Gasteiger partial charge in [0.1, 0.15) is 12.4 Å². The highest BCUT2D eigenvalue weighted by Crippen LogP contribution is 2.35. The third-order valence-corrected chi connectivity index (χ3v) is 7.31. The number of thioether (sulfide) groups is 1. The van der Waals surface area contributed by atoms with Gasteiger partial charge in [-0.3, -0.25) is 14.5 Å². The Kier molecular flexibility index (Phi) is 6.82. The average molecular weight is 520 g/mol. The lowest BCUT2D eigenvalue weighted by atomic mass is 10.1. The quantitative estimate of drug-likeness (QED) is 0.242. The Morgan fingerprint density at radius 3 is 2.49 bits per heavy atom. The molecule has 5 rings (SSSR count). The minimum atomic E-state index is -0.352. The van der Waals surface area contributed by atoms with Gasteiger partial charge in [-0.1, -0.05) is 89.9 Å². The largest absolute Gasteiger partial charge is 0.488 e. The van der Waals surface area contributed by atoms with Crippen molar-refractivity contribution in [3.8, 4) is 5.75 Å². The second-order valence-corrected chi connectivity index (χ2v) is 9.79. The maximum absolute atomic E-state index is 13.0. The third kappa shape index (κ3) is 5.08. The number of imide groups is 1. The Morgan fingerprint density at radius 2 is 1.63 bits per heavy atom. The highest BCUT2D eigenvalue weighted by Gasteiger charge is 2.35. The third-order valence-electron chi connectivity index (χ3n) is 5.67. The van der Waals surface area contributed by atoms with Crippen molar-refractivity contribution >= 4 is 63.0 Å². The number of rotatable bonds is 6. The number of carbonyl (C=O) groups excluding carboxylic acids is 2. The summed E-state index contributed by atoms with van der Waals surface area (Å²) in [6.45, 7) is 0.503. The van der Waals surface area contributed by atoms with Gasteiger partial charge < -0.3 is 4.74 Å². The van der Waals surface area contributed by atoms with Gasteiger partial charge in [-0.15, -0.1) is 0 Å². The first-order valence-corrected chi connectivity index (χ1v) is 12.4. The molecule has 1 aliphatic rings. The summed E-state index contributed by atoms with van der Waals surface area (Å²) in [7, 11) is 0. The van der Waals surface area contributed by atoms with E-state index in [9.17, 15) is 9.59 Å². The first-order valence-electron chi connectivity index (χ1n) is 10.9. The number of amides is 2. The van der Waals surface area contributed by atoms with E-state index < -0.39 is 0 Å². The van der Waals surface area contributed by atoms with Gasteiger partial charge in [0, 0.05) is 5.56 Å². The van der Waals surface area contributed by atoms with E-state index in [1.165, 1.54) is 4.90 Å². The van der Waals surface area contributed by atoms with Crippen LogP contribution in [0.2, 0.25) is 10.0 Å². The minimum absolute atomic E-state index is 0.123. The van der Waals surface area contributed by atoms with Crippen LogP contribution in [0.1, 0.15) is 16.7 Å². The van der Waals surface area contributed by atoms with Gasteiger partial charge in [-0.05, 0) is 57.9 Å². The number of carbonyl (C=O) groups is 2. The van der Waals surface area contributed by atoms with Crippen LogP contribution in [0, 0.1) is 0 Å². The average Bonchev–Trinajstić information content (AvgIpc) is 3.13. The molecule has 1 heterocycles. The smallest absolute Gasteiger partial charge is 0.293 e.